The quantitative estimate of drug-likeness (QED) is 0.0343. The van der Waals surface area contributed by atoms with Crippen LogP contribution in [-0.4, -0.2) is 37.2 Å². The fraction of sp³-hybridized carbons (Fsp3) is 0.953. The van der Waals surface area contributed by atoms with Crippen LogP contribution in [0.3, 0.4) is 0 Å². The van der Waals surface area contributed by atoms with Gasteiger partial charge >= 0.3 is 17.9 Å². The van der Waals surface area contributed by atoms with Gasteiger partial charge in [0.05, 0.1) is 0 Å². The Morgan fingerprint density at radius 3 is 0.571 bits per heavy atom. The molecule has 0 aromatic rings. The third kappa shape index (κ3) is 57.3. The van der Waals surface area contributed by atoms with Crippen LogP contribution in [0, 0.1) is 0 Å². The predicted octanol–water partition coefficient (Wildman–Crippen LogP) is 21.5. The molecule has 6 heteroatoms. The summed E-state index contributed by atoms with van der Waals surface area (Å²) in [5.41, 5.74) is 0. The minimum Gasteiger partial charge on any atom is -0.462 e. The molecule has 0 heterocycles. The molecule has 0 aliphatic heterocycles. The zero-order valence-electron chi connectivity index (χ0n) is 47.8. The van der Waals surface area contributed by atoms with Crippen molar-refractivity contribution < 1.29 is 28.6 Å². The van der Waals surface area contributed by atoms with Crippen LogP contribution >= 0.6 is 0 Å². The van der Waals surface area contributed by atoms with Crippen LogP contribution in [0.2, 0.25) is 0 Å². The van der Waals surface area contributed by atoms with Gasteiger partial charge in [0.15, 0.2) is 6.10 Å². The van der Waals surface area contributed by atoms with Gasteiger partial charge in [-0.25, -0.2) is 0 Å². The van der Waals surface area contributed by atoms with Crippen molar-refractivity contribution in [2.24, 2.45) is 0 Å². The van der Waals surface area contributed by atoms with Gasteiger partial charge in [-0.3, -0.25) is 14.4 Å². The molecule has 6 nitrogen and oxygen atoms in total. The van der Waals surface area contributed by atoms with Crippen molar-refractivity contribution in [3.05, 3.63) is 0 Å². The molecule has 0 rings (SSSR count). The Labute approximate surface area is 438 Å². The Kier molecular flexibility index (Phi) is 58.6. The predicted molar refractivity (Wildman–Crippen MR) is 303 cm³/mol. The van der Waals surface area contributed by atoms with Crippen LogP contribution in [0.5, 0.6) is 0 Å². The maximum Gasteiger partial charge on any atom is 0.306 e. The fourth-order valence-electron chi connectivity index (χ4n) is 10.0. The fourth-order valence-corrected chi connectivity index (χ4v) is 10.0. The van der Waals surface area contributed by atoms with E-state index in [1.54, 1.807) is 0 Å². The lowest BCUT2D eigenvalue weighted by atomic mass is 10.0. The number of esters is 3. The third-order valence-corrected chi connectivity index (χ3v) is 14.9. The highest BCUT2D eigenvalue weighted by Crippen LogP contribution is 2.19. The molecule has 0 fully saturated rings. The summed E-state index contributed by atoms with van der Waals surface area (Å²) >= 11 is 0. The Morgan fingerprint density at radius 2 is 0.386 bits per heavy atom. The molecule has 0 saturated carbocycles. The van der Waals surface area contributed by atoms with Gasteiger partial charge in [-0.2, -0.15) is 0 Å². The topological polar surface area (TPSA) is 78.9 Å². The molecule has 416 valence electrons. The van der Waals surface area contributed by atoms with E-state index < -0.39 is 6.10 Å². The first kappa shape index (κ1) is 68.4. The molecule has 0 bridgehead atoms. The molecule has 0 amide bonds. The smallest absolute Gasteiger partial charge is 0.306 e. The Morgan fingerprint density at radius 1 is 0.229 bits per heavy atom. The van der Waals surface area contributed by atoms with Crippen LogP contribution in [0.4, 0.5) is 0 Å². The summed E-state index contributed by atoms with van der Waals surface area (Å²) < 4.78 is 17.0. The summed E-state index contributed by atoms with van der Waals surface area (Å²) in [7, 11) is 0. The van der Waals surface area contributed by atoms with Gasteiger partial charge in [0, 0.05) is 19.3 Å². The Balaban J connectivity index is 4.27. The summed E-state index contributed by atoms with van der Waals surface area (Å²) in [5.74, 6) is -0.824. The summed E-state index contributed by atoms with van der Waals surface area (Å²) in [5, 5.41) is 0. The lowest BCUT2D eigenvalue weighted by Crippen LogP contribution is -2.30. The molecule has 0 aliphatic carbocycles. The molecule has 0 radical (unpaired) electrons. The molecular weight excluding hydrogens is 865 g/mol. The van der Waals surface area contributed by atoms with Crippen LogP contribution in [-0.2, 0) is 28.6 Å². The van der Waals surface area contributed by atoms with Crippen molar-refractivity contribution in [3.8, 4) is 0 Å². The van der Waals surface area contributed by atoms with Gasteiger partial charge in [-0.05, 0) is 19.3 Å². The standard InChI is InChI=1S/C64H124O6/c1-4-7-10-13-16-19-22-25-28-30-32-34-36-39-42-45-48-51-54-57-63(66)69-60-61(59-68-62(65)56-53-50-47-44-41-38-35-27-24-21-18-15-12-9-6-3)70-64(67)58-55-52-49-46-43-40-37-33-31-29-26-23-20-17-14-11-8-5-2/h61H,4-60H2,1-3H3/t61-/m0/s1. The van der Waals surface area contributed by atoms with Gasteiger partial charge in [0.25, 0.3) is 0 Å². The van der Waals surface area contributed by atoms with Crippen LogP contribution in [0.15, 0.2) is 0 Å². The molecule has 0 saturated heterocycles. The second kappa shape index (κ2) is 60.0. The van der Waals surface area contributed by atoms with Crippen molar-refractivity contribution >= 4 is 17.9 Å². The first-order chi connectivity index (χ1) is 34.5. The van der Waals surface area contributed by atoms with E-state index in [4.69, 9.17) is 14.2 Å². The van der Waals surface area contributed by atoms with Crippen molar-refractivity contribution in [1.29, 1.82) is 0 Å². The average molecular weight is 990 g/mol. The SMILES string of the molecule is CCCCCCCCCCCCCCCCCCCCCC(=O)OC[C@H](COC(=O)CCCCCCCCCCCCCCCCC)OC(=O)CCCCCCCCCCCCCCCCCCCC. The molecule has 0 aliphatic rings. The minimum atomic E-state index is -0.762. The number of rotatable bonds is 60. The maximum absolute atomic E-state index is 12.9. The summed E-state index contributed by atoms with van der Waals surface area (Å²) in [6.07, 6.45) is 68.2. The second-order valence-electron chi connectivity index (χ2n) is 22.1. The molecular formula is C64H124O6. The number of carbonyl (C=O) groups is 3. The van der Waals surface area contributed by atoms with Crippen molar-refractivity contribution in [2.75, 3.05) is 13.2 Å². The van der Waals surface area contributed by atoms with Crippen LogP contribution in [0.1, 0.15) is 374 Å². The molecule has 0 unspecified atom stereocenters. The molecule has 0 aromatic heterocycles. The lowest BCUT2D eigenvalue weighted by molar-refractivity contribution is -0.167. The second-order valence-corrected chi connectivity index (χ2v) is 22.1. The van der Waals surface area contributed by atoms with E-state index in [0.29, 0.717) is 19.3 Å². The number of ether oxygens (including phenoxy) is 3. The maximum atomic E-state index is 12.9. The monoisotopic (exact) mass is 989 g/mol. The van der Waals surface area contributed by atoms with Gasteiger partial charge in [-0.1, -0.05) is 335 Å². The van der Waals surface area contributed by atoms with Crippen LogP contribution in [0.25, 0.3) is 0 Å². The lowest BCUT2D eigenvalue weighted by Gasteiger charge is -2.18. The number of unbranched alkanes of at least 4 members (excludes halogenated alkanes) is 49. The van der Waals surface area contributed by atoms with Gasteiger partial charge in [0.1, 0.15) is 13.2 Å². The Bertz CT molecular complexity index is 1040. The third-order valence-electron chi connectivity index (χ3n) is 14.9. The van der Waals surface area contributed by atoms with Crippen molar-refractivity contribution in [2.45, 2.75) is 380 Å². The highest BCUT2D eigenvalue weighted by Gasteiger charge is 2.19. The van der Waals surface area contributed by atoms with E-state index in [-0.39, 0.29) is 31.1 Å². The molecule has 0 aromatic carbocycles. The van der Waals surface area contributed by atoms with E-state index in [1.165, 1.54) is 276 Å². The zero-order valence-corrected chi connectivity index (χ0v) is 47.8. The van der Waals surface area contributed by atoms with Gasteiger partial charge in [-0.15, -0.1) is 0 Å². The van der Waals surface area contributed by atoms with E-state index in [1.807, 2.05) is 0 Å². The normalized spacial score (nSPS) is 11.9. The van der Waals surface area contributed by atoms with E-state index in [9.17, 15) is 14.4 Å². The first-order valence-electron chi connectivity index (χ1n) is 32.0. The first-order valence-corrected chi connectivity index (χ1v) is 32.0. The summed E-state index contributed by atoms with van der Waals surface area (Å²) in [6.45, 7) is 6.73. The van der Waals surface area contributed by atoms with Crippen LogP contribution < -0.4 is 0 Å². The highest BCUT2D eigenvalue weighted by molar-refractivity contribution is 5.71. The Hall–Kier alpha value is -1.59. The van der Waals surface area contributed by atoms with E-state index in [0.717, 1.165) is 57.8 Å². The summed E-state index contributed by atoms with van der Waals surface area (Å²) in [6, 6.07) is 0. The van der Waals surface area contributed by atoms with Crippen molar-refractivity contribution in [3.63, 3.8) is 0 Å². The van der Waals surface area contributed by atoms with Gasteiger partial charge in [0.2, 0.25) is 0 Å². The number of carbonyl (C=O) groups excluding carboxylic acids is 3. The molecule has 1 atom stereocenters. The molecule has 70 heavy (non-hydrogen) atoms. The molecule has 0 N–H and O–H groups in total. The molecule has 0 spiro atoms. The minimum absolute atomic E-state index is 0.0605. The highest BCUT2D eigenvalue weighted by atomic mass is 16.6. The zero-order chi connectivity index (χ0) is 50.7. The number of hydrogen-bond acceptors (Lipinski definition) is 6. The van der Waals surface area contributed by atoms with E-state index in [2.05, 4.69) is 20.8 Å². The van der Waals surface area contributed by atoms with E-state index >= 15 is 0 Å². The van der Waals surface area contributed by atoms with Gasteiger partial charge < -0.3 is 14.2 Å². The number of hydrogen-bond donors (Lipinski definition) is 0. The van der Waals surface area contributed by atoms with Crippen molar-refractivity contribution in [1.82, 2.24) is 0 Å². The summed E-state index contributed by atoms with van der Waals surface area (Å²) in [4.78, 5) is 38.3. The average Bonchev–Trinajstić information content (AvgIpc) is 3.36. The largest absolute Gasteiger partial charge is 0.462 e.